The van der Waals surface area contributed by atoms with Crippen LogP contribution in [0.15, 0.2) is 73.1 Å². The van der Waals surface area contributed by atoms with E-state index in [1.807, 2.05) is 36.4 Å². The van der Waals surface area contributed by atoms with Gasteiger partial charge in [0.15, 0.2) is 5.65 Å². The molecule has 0 aliphatic carbocycles. The minimum atomic E-state index is -0.321. The molecule has 27 heavy (non-hydrogen) atoms. The van der Waals surface area contributed by atoms with Crippen LogP contribution in [0.3, 0.4) is 0 Å². The summed E-state index contributed by atoms with van der Waals surface area (Å²) in [6.07, 6.45) is 3.20. The minimum absolute atomic E-state index is 0.216. The van der Waals surface area contributed by atoms with Gasteiger partial charge in [0.25, 0.3) is 5.91 Å². The smallest absolute Gasteiger partial charge is 0.259 e. The average Bonchev–Trinajstić information content (AvgIpc) is 3.12. The van der Waals surface area contributed by atoms with Crippen LogP contribution in [-0.4, -0.2) is 32.5 Å². The highest BCUT2D eigenvalue weighted by atomic mass is 19.1. The number of hydrogen-bond acceptors (Lipinski definition) is 3. The van der Waals surface area contributed by atoms with Gasteiger partial charge in [0, 0.05) is 25.4 Å². The molecule has 5 nitrogen and oxygen atoms in total. The van der Waals surface area contributed by atoms with E-state index in [1.54, 1.807) is 29.9 Å². The summed E-state index contributed by atoms with van der Waals surface area (Å²) in [6.45, 7) is 0.298. The van der Waals surface area contributed by atoms with Gasteiger partial charge in [-0.05, 0) is 23.8 Å². The first-order valence-corrected chi connectivity index (χ1v) is 8.51. The van der Waals surface area contributed by atoms with Crippen LogP contribution in [0, 0.1) is 5.82 Å². The third-order valence-electron chi connectivity index (χ3n) is 4.36. The Kier molecular flexibility index (Phi) is 4.38. The van der Waals surface area contributed by atoms with Gasteiger partial charge in [-0.25, -0.2) is 13.9 Å². The monoisotopic (exact) mass is 360 g/mol. The highest BCUT2D eigenvalue weighted by Crippen LogP contribution is 2.21. The number of fused-ring (bicyclic) bond motifs is 1. The maximum Gasteiger partial charge on any atom is 0.259 e. The van der Waals surface area contributed by atoms with E-state index in [9.17, 15) is 9.18 Å². The number of aromatic nitrogens is 3. The van der Waals surface area contributed by atoms with Gasteiger partial charge in [-0.1, -0.05) is 42.5 Å². The van der Waals surface area contributed by atoms with Crippen LogP contribution < -0.4 is 0 Å². The highest BCUT2D eigenvalue weighted by molar-refractivity contribution is 5.99. The summed E-state index contributed by atoms with van der Waals surface area (Å²) in [5.74, 6) is -0.537. The van der Waals surface area contributed by atoms with Crippen molar-refractivity contribution in [3.05, 3.63) is 90.0 Å². The Bertz CT molecular complexity index is 1110. The molecule has 4 aromatic rings. The zero-order valence-corrected chi connectivity index (χ0v) is 14.7. The Morgan fingerprint density at radius 1 is 1.11 bits per heavy atom. The molecule has 4 rings (SSSR count). The molecular weight excluding hydrogens is 343 g/mol. The molecule has 0 saturated heterocycles. The molecule has 0 unspecified atom stereocenters. The van der Waals surface area contributed by atoms with Crippen LogP contribution in [0.1, 0.15) is 15.9 Å². The van der Waals surface area contributed by atoms with E-state index >= 15 is 0 Å². The van der Waals surface area contributed by atoms with Crippen molar-refractivity contribution in [2.75, 3.05) is 7.05 Å². The highest BCUT2D eigenvalue weighted by Gasteiger charge is 2.19. The van der Waals surface area contributed by atoms with Crippen LogP contribution >= 0.6 is 0 Å². The first-order chi connectivity index (χ1) is 13.1. The van der Waals surface area contributed by atoms with Gasteiger partial charge in [-0.15, -0.1) is 0 Å². The predicted octanol–water partition coefficient (Wildman–Crippen LogP) is 3.81. The second-order valence-electron chi connectivity index (χ2n) is 6.28. The van der Waals surface area contributed by atoms with E-state index < -0.39 is 0 Å². The fourth-order valence-corrected chi connectivity index (χ4v) is 3.06. The average molecular weight is 360 g/mol. The molecule has 1 amide bonds. The number of amides is 1. The summed E-state index contributed by atoms with van der Waals surface area (Å²) in [4.78, 5) is 18.8. The van der Waals surface area contributed by atoms with Gasteiger partial charge in [0.1, 0.15) is 11.4 Å². The molecule has 0 spiro atoms. The molecule has 134 valence electrons. The molecule has 2 aromatic carbocycles. The fraction of sp³-hybridized carbons (Fsp3) is 0.0952. The van der Waals surface area contributed by atoms with E-state index in [2.05, 4.69) is 10.1 Å². The number of hydrogen-bond donors (Lipinski definition) is 0. The van der Waals surface area contributed by atoms with Gasteiger partial charge < -0.3 is 4.90 Å². The normalized spacial score (nSPS) is 10.9. The van der Waals surface area contributed by atoms with Crippen molar-refractivity contribution in [2.45, 2.75) is 6.54 Å². The summed E-state index contributed by atoms with van der Waals surface area (Å²) in [5, 5.41) is 4.37. The molecule has 2 heterocycles. The quantitative estimate of drug-likeness (QED) is 0.556. The van der Waals surface area contributed by atoms with Crippen LogP contribution in [0.2, 0.25) is 0 Å². The lowest BCUT2D eigenvalue weighted by Gasteiger charge is -2.16. The third-order valence-corrected chi connectivity index (χ3v) is 4.36. The SMILES string of the molecule is CN(Cc1cccc(F)c1)C(=O)c1cnn2c(-c3ccccc3)ccnc12. The Labute approximate surface area is 155 Å². The van der Waals surface area contributed by atoms with E-state index in [4.69, 9.17) is 0 Å². The molecular formula is C21H17FN4O. The summed E-state index contributed by atoms with van der Waals surface area (Å²) >= 11 is 0. The van der Waals surface area contributed by atoms with Crippen LogP contribution in [0.25, 0.3) is 16.9 Å². The van der Waals surface area contributed by atoms with Gasteiger partial charge in [0.2, 0.25) is 0 Å². The van der Waals surface area contributed by atoms with Crippen molar-refractivity contribution in [3.8, 4) is 11.3 Å². The van der Waals surface area contributed by atoms with Crippen LogP contribution in [0.4, 0.5) is 4.39 Å². The first kappa shape index (κ1) is 16.9. The first-order valence-electron chi connectivity index (χ1n) is 8.51. The Hall–Kier alpha value is -3.54. The van der Waals surface area contributed by atoms with Crippen molar-refractivity contribution in [3.63, 3.8) is 0 Å². The number of halogens is 1. The summed E-state index contributed by atoms with van der Waals surface area (Å²) in [5.41, 5.74) is 3.46. The standard InChI is InChI=1S/C21H17FN4O/c1-25(14-15-6-5-9-17(22)12-15)21(27)18-13-24-26-19(10-11-23-20(18)26)16-7-3-2-4-8-16/h2-13H,14H2,1H3. The molecule has 0 atom stereocenters. The van der Waals surface area contributed by atoms with E-state index in [0.29, 0.717) is 17.8 Å². The van der Waals surface area contributed by atoms with E-state index in [1.165, 1.54) is 23.2 Å². The number of nitrogens with zero attached hydrogens (tertiary/aromatic N) is 4. The lowest BCUT2D eigenvalue weighted by Crippen LogP contribution is -2.26. The fourth-order valence-electron chi connectivity index (χ4n) is 3.06. The van der Waals surface area contributed by atoms with Crippen molar-refractivity contribution in [1.82, 2.24) is 19.5 Å². The largest absolute Gasteiger partial charge is 0.337 e. The van der Waals surface area contributed by atoms with Crippen molar-refractivity contribution in [2.24, 2.45) is 0 Å². The molecule has 0 aliphatic rings. The molecule has 0 radical (unpaired) electrons. The summed E-state index contributed by atoms with van der Waals surface area (Å²) < 4.78 is 15.0. The topological polar surface area (TPSA) is 50.5 Å². The van der Waals surface area contributed by atoms with Gasteiger partial charge in [-0.2, -0.15) is 5.10 Å². The maximum atomic E-state index is 13.4. The zero-order valence-electron chi connectivity index (χ0n) is 14.7. The minimum Gasteiger partial charge on any atom is -0.337 e. The van der Waals surface area contributed by atoms with E-state index in [0.717, 1.165) is 16.8 Å². The lowest BCUT2D eigenvalue weighted by molar-refractivity contribution is 0.0786. The molecule has 0 fully saturated rings. The van der Waals surface area contributed by atoms with Crippen LogP contribution in [0.5, 0.6) is 0 Å². The van der Waals surface area contributed by atoms with Gasteiger partial charge in [0.05, 0.1) is 11.9 Å². The number of carbonyl (C=O) groups is 1. The van der Waals surface area contributed by atoms with Crippen LogP contribution in [-0.2, 0) is 6.54 Å². The molecule has 0 saturated carbocycles. The maximum absolute atomic E-state index is 13.4. The second-order valence-corrected chi connectivity index (χ2v) is 6.28. The molecule has 0 aliphatic heterocycles. The molecule has 0 bridgehead atoms. The molecule has 6 heteroatoms. The van der Waals surface area contributed by atoms with Crippen molar-refractivity contribution in [1.29, 1.82) is 0 Å². The third kappa shape index (κ3) is 3.29. The van der Waals surface area contributed by atoms with Crippen molar-refractivity contribution >= 4 is 11.6 Å². The number of carbonyl (C=O) groups excluding carboxylic acids is 1. The summed E-state index contributed by atoms with van der Waals surface area (Å²) in [6, 6.07) is 17.9. The molecule has 0 N–H and O–H groups in total. The Morgan fingerprint density at radius 2 is 1.93 bits per heavy atom. The Morgan fingerprint density at radius 3 is 2.70 bits per heavy atom. The summed E-state index contributed by atoms with van der Waals surface area (Å²) in [7, 11) is 1.68. The molecule has 2 aromatic heterocycles. The second kappa shape index (κ2) is 6.99. The predicted molar refractivity (Wildman–Crippen MR) is 101 cm³/mol. The Balaban J connectivity index is 1.67. The zero-order chi connectivity index (χ0) is 18.8. The number of benzene rings is 2. The number of rotatable bonds is 4. The van der Waals surface area contributed by atoms with Crippen molar-refractivity contribution < 1.29 is 9.18 Å². The lowest BCUT2D eigenvalue weighted by atomic mass is 10.1. The van der Waals surface area contributed by atoms with E-state index in [-0.39, 0.29) is 11.7 Å². The van der Waals surface area contributed by atoms with Gasteiger partial charge >= 0.3 is 0 Å². The van der Waals surface area contributed by atoms with Gasteiger partial charge in [-0.3, -0.25) is 4.79 Å².